The normalized spacial score (nSPS) is 35.7. The first-order valence-corrected chi connectivity index (χ1v) is 7.38. The predicted molar refractivity (Wildman–Crippen MR) is 76.4 cm³/mol. The number of halogens is 1. The van der Waals surface area contributed by atoms with E-state index in [1.807, 2.05) is 0 Å². The van der Waals surface area contributed by atoms with Crippen molar-refractivity contribution in [1.82, 2.24) is 10.6 Å². The van der Waals surface area contributed by atoms with Crippen LogP contribution in [0.15, 0.2) is 0 Å². The highest BCUT2D eigenvalue weighted by Crippen LogP contribution is 2.34. The van der Waals surface area contributed by atoms with Gasteiger partial charge in [0.25, 0.3) is 0 Å². The van der Waals surface area contributed by atoms with Crippen LogP contribution in [0.4, 0.5) is 0 Å². The summed E-state index contributed by atoms with van der Waals surface area (Å²) >= 11 is 0. The number of hydrogen-bond acceptors (Lipinski definition) is 3. The quantitative estimate of drug-likeness (QED) is 0.824. The van der Waals surface area contributed by atoms with Crippen LogP contribution in [-0.2, 0) is 9.53 Å². The zero-order valence-corrected chi connectivity index (χ0v) is 12.4. The highest BCUT2D eigenvalue weighted by atomic mass is 35.5. The second-order valence-electron chi connectivity index (χ2n) is 6.11. The molecule has 0 aromatic carbocycles. The Hall–Kier alpha value is -0.320. The van der Waals surface area contributed by atoms with Gasteiger partial charge in [0.1, 0.15) is 0 Å². The summed E-state index contributed by atoms with van der Waals surface area (Å²) in [5.74, 6) is 1.49. The molecule has 2 heterocycles. The van der Waals surface area contributed by atoms with E-state index in [2.05, 4.69) is 17.6 Å². The number of fused-ring (bicyclic) bond motifs is 1. The van der Waals surface area contributed by atoms with Gasteiger partial charge in [-0.05, 0) is 44.7 Å². The number of rotatable bonds is 3. The van der Waals surface area contributed by atoms with Gasteiger partial charge in [0.05, 0.1) is 6.10 Å². The smallest absolute Gasteiger partial charge is 0.223 e. The third-order valence-electron chi connectivity index (χ3n) is 5.04. The molecule has 3 aliphatic rings. The molecule has 2 aliphatic heterocycles. The van der Waals surface area contributed by atoms with Gasteiger partial charge in [-0.1, -0.05) is 6.92 Å². The van der Waals surface area contributed by atoms with Gasteiger partial charge in [0.15, 0.2) is 0 Å². The van der Waals surface area contributed by atoms with Gasteiger partial charge in [0.2, 0.25) is 5.91 Å². The summed E-state index contributed by atoms with van der Waals surface area (Å²) in [6.07, 6.45) is 5.02. The topological polar surface area (TPSA) is 50.4 Å². The maximum absolute atomic E-state index is 12.3. The molecule has 0 aromatic rings. The Labute approximate surface area is 121 Å². The first kappa shape index (κ1) is 15.1. The molecule has 4 unspecified atom stereocenters. The number of amides is 1. The third kappa shape index (κ3) is 3.06. The standard InChI is InChI=1S/C14H24N2O2.ClH/c1-9(10-7-15-8-10)14(17)16-12-3-2-4-13-11(12)5-6-18-13;/h9-13,15H,2-8H2,1H3,(H,16,17);1H. The fourth-order valence-corrected chi connectivity index (χ4v) is 3.55. The van der Waals surface area contributed by atoms with E-state index in [-0.39, 0.29) is 24.2 Å². The molecule has 110 valence electrons. The van der Waals surface area contributed by atoms with Crippen LogP contribution in [0.25, 0.3) is 0 Å². The van der Waals surface area contributed by atoms with E-state index in [1.54, 1.807) is 0 Å². The number of carbonyl (C=O) groups is 1. The van der Waals surface area contributed by atoms with Crippen molar-refractivity contribution in [2.75, 3.05) is 19.7 Å². The molecule has 0 bridgehead atoms. The molecular weight excluding hydrogens is 264 g/mol. The molecule has 2 N–H and O–H groups in total. The Balaban J connectivity index is 0.00000133. The first-order valence-electron chi connectivity index (χ1n) is 7.38. The number of nitrogens with one attached hydrogen (secondary N) is 2. The second-order valence-corrected chi connectivity index (χ2v) is 6.11. The average molecular weight is 289 g/mol. The summed E-state index contributed by atoms with van der Waals surface area (Å²) < 4.78 is 5.75. The summed E-state index contributed by atoms with van der Waals surface area (Å²) in [5.41, 5.74) is 0. The van der Waals surface area contributed by atoms with E-state index in [1.165, 1.54) is 12.8 Å². The highest BCUT2D eigenvalue weighted by molar-refractivity contribution is 5.85. The minimum atomic E-state index is 0. The van der Waals surface area contributed by atoms with Crippen molar-refractivity contribution in [3.63, 3.8) is 0 Å². The zero-order valence-electron chi connectivity index (χ0n) is 11.6. The fraction of sp³-hybridized carbons (Fsp3) is 0.929. The van der Waals surface area contributed by atoms with Crippen molar-refractivity contribution >= 4 is 18.3 Å². The van der Waals surface area contributed by atoms with Crippen LogP contribution in [0.3, 0.4) is 0 Å². The third-order valence-corrected chi connectivity index (χ3v) is 5.04. The van der Waals surface area contributed by atoms with E-state index in [0.29, 0.717) is 24.0 Å². The Bertz CT molecular complexity index is 323. The molecule has 2 saturated heterocycles. The van der Waals surface area contributed by atoms with Crippen molar-refractivity contribution in [2.45, 2.75) is 44.8 Å². The first-order chi connectivity index (χ1) is 8.75. The fourth-order valence-electron chi connectivity index (χ4n) is 3.55. The summed E-state index contributed by atoms with van der Waals surface area (Å²) in [6.45, 7) is 4.93. The number of carbonyl (C=O) groups excluding carboxylic acids is 1. The molecule has 0 spiro atoms. The van der Waals surface area contributed by atoms with Gasteiger partial charge in [-0.15, -0.1) is 12.4 Å². The average Bonchev–Trinajstić information content (AvgIpc) is 2.75. The minimum absolute atomic E-state index is 0. The van der Waals surface area contributed by atoms with Crippen LogP contribution < -0.4 is 10.6 Å². The molecule has 0 radical (unpaired) electrons. The van der Waals surface area contributed by atoms with Crippen LogP contribution in [0, 0.1) is 17.8 Å². The van der Waals surface area contributed by atoms with E-state index < -0.39 is 0 Å². The molecule has 0 aromatic heterocycles. The molecule has 1 aliphatic carbocycles. The molecule has 3 fully saturated rings. The molecule has 5 heteroatoms. The van der Waals surface area contributed by atoms with Crippen molar-refractivity contribution in [3.05, 3.63) is 0 Å². The molecule has 1 amide bonds. The van der Waals surface area contributed by atoms with Gasteiger partial charge in [-0.2, -0.15) is 0 Å². The largest absolute Gasteiger partial charge is 0.378 e. The maximum atomic E-state index is 12.3. The van der Waals surface area contributed by atoms with Crippen molar-refractivity contribution in [2.24, 2.45) is 17.8 Å². The lowest BCUT2D eigenvalue weighted by Crippen LogP contribution is -2.53. The Morgan fingerprint density at radius 2 is 2.11 bits per heavy atom. The number of ether oxygens (including phenoxy) is 1. The monoisotopic (exact) mass is 288 g/mol. The highest BCUT2D eigenvalue weighted by Gasteiger charge is 2.39. The van der Waals surface area contributed by atoms with Gasteiger partial charge in [0, 0.05) is 24.5 Å². The van der Waals surface area contributed by atoms with Crippen molar-refractivity contribution < 1.29 is 9.53 Å². The Morgan fingerprint density at radius 1 is 1.32 bits per heavy atom. The van der Waals surface area contributed by atoms with E-state index >= 15 is 0 Å². The second kappa shape index (κ2) is 6.42. The van der Waals surface area contributed by atoms with Crippen molar-refractivity contribution in [1.29, 1.82) is 0 Å². The van der Waals surface area contributed by atoms with Gasteiger partial charge in [-0.3, -0.25) is 4.79 Å². The predicted octanol–water partition coefficient (Wildman–Crippen LogP) is 1.34. The van der Waals surface area contributed by atoms with Crippen LogP contribution in [0.5, 0.6) is 0 Å². The molecule has 1 saturated carbocycles. The summed E-state index contributed by atoms with van der Waals surface area (Å²) in [7, 11) is 0. The molecule has 19 heavy (non-hydrogen) atoms. The van der Waals surface area contributed by atoms with Crippen molar-refractivity contribution in [3.8, 4) is 0 Å². The van der Waals surface area contributed by atoms with Crippen LogP contribution in [-0.4, -0.2) is 37.7 Å². The molecule has 4 nitrogen and oxygen atoms in total. The van der Waals surface area contributed by atoms with Crippen LogP contribution in [0.2, 0.25) is 0 Å². The Morgan fingerprint density at radius 3 is 2.79 bits per heavy atom. The SMILES string of the molecule is CC(C(=O)NC1CCCC2OCCC12)C1CNC1.Cl. The molecular formula is C14H25ClN2O2. The van der Waals surface area contributed by atoms with Gasteiger partial charge >= 0.3 is 0 Å². The van der Waals surface area contributed by atoms with Gasteiger partial charge in [-0.25, -0.2) is 0 Å². The van der Waals surface area contributed by atoms with Gasteiger partial charge < -0.3 is 15.4 Å². The van der Waals surface area contributed by atoms with Crippen LogP contribution >= 0.6 is 12.4 Å². The molecule has 4 atom stereocenters. The van der Waals surface area contributed by atoms with E-state index in [4.69, 9.17) is 4.74 Å². The van der Waals surface area contributed by atoms with E-state index in [9.17, 15) is 4.79 Å². The maximum Gasteiger partial charge on any atom is 0.223 e. The summed E-state index contributed by atoms with van der Waals surface area (Å²) in [4.78, 5) is 12.3. The number of hydrogen-bond donors (Lipinski definition) is 2. The lowest BCUT2D eigenvalue weighted by Gasteiger charge is -2.36. The van der Waals surface area contributed by atoms with E-state index in [0.717, 1.165) is 32.5 Å². The molecule has 3 rings (SSSR count). The minimum Gasteiger partial charge on any atom is -0.378 e. The zero-order chi connectivity index (χ0) is 12.5. The summed E-state index contributed by atoms with van der Waals surface area (Å²) in [5, 5.41) is 6.53. The lowest BCUT2D eigenvalue weighted by molar-refractivity contribution is -0.128. The lowest BCUT2D eigenvalue weighted by atomic mass is 9.81. The van der Waals surface area contributed by atoms with Crippen LogP contribution in [0.1, 0.15) is 32.6 Å². The summed E-state index contributed by atoms with van der Waals surface area (Å²) in [6, 6.07) is 0.356. The Kier molecular flexibility index (Phi) is 5.09.